The third-order valence-electron chi connectivity index (χ3n) is 3.88. The minimum atomic E-state index is -0.627. The van der Waals surface area contributed by atoms with Crippen molar-refractivity contribution in [3.05, 3.63) is 53.1 Å². The number of fused-ring (bicyclic) bond motifs is 1. The first-order valence-electron chi connectivity index (χ1n) is 8.12. The van der Waals surface area contributed by atoms with Crippen LogP contribution in [0.2, 0.25) is 5.02 Å². The second-order valence-electron chi connectivity index (χ2n) is 5.91. The van der Waals surface area contributed by atoms with Crippen molar-refractivity contribution in [2.75, 3.05) is 13.2 Å². The summed E-state index contributed by atoms with van der Waals surface area (Å²) in [4.78, 5) is 12.2. The fourth-order valence-electron chi connectivity index (χ4n) is 2.47. The monoisotopic (exact) mass is 361 g/mol. The summed E-state index contributed by atoms with van der Waals surface area (Å²) in [6.45, 7) is 4.33. The number of halogens is 1. The van der Waals surface area contributed by atoms with Crippen LogP contribution in [-0.2, 0) is 4.79 Å². The van der Waals surface area contributed by atoms with E-state index in [1.807, 2.05) is 31.2 Å². The lowest BCUT2D eigenvalue weighted by Crippen LogP contribution is -2.44. The Bertz CT molecular complexity index is 765. The van der Waals surface area contributed by atoms with Gasteiger partial charge in [-0.3, -0.25) is 4.79 Å². The van der Waals surface area contributed by atoms with E-state index in [4.69, 9.17) is 25.8 Å². The second kappa shape index (κ2) is 7.66. The van der Waals surface area contributed by atoms with Gasteiger partial charge in [0.05, 0.1) is 6.54 Å². The number of hydrogen-bond acceptors (Lipinski definition) is 4. The summed E-state index contributed by atoms with van der Waals surface area (Å²) in [5, 5.41) is 3.50. The van der Waals surface area contributed by atoms with Gasteiger partial charge in [-0.1, -0.05) is 23.7 Å². The molecule has 0 radical (unpaired) electrons. The molecule has 25 heavy (non-hydrogen) atoms. The van der Waals surface area contributed by atoms with Crippen LogP contribution < -0.4 is 19.5 Å². The Labute approximate surface area is 151 Å². The third kappa shape index (κ3) is 4.37. The molecule has 0 spiro atoms. The van der Waals surface area contributed by atoms with Gasteiger partial charge < -0.3 is 19.5 Å². The molecule has 2 atom stereocenters. The molecule has 1 amide bonds. The van der Waals surface area contributed by atoms with Crippen molar-refractivity contribution in [2.45, 2.75) is 26.1 Å². The molecule has 1 heterocycles. The largest absolute Gasteiger partial charge is 0.486 e. The van der Waals surface area contributed by atoms with Gasteiger partial charge in [0.25, 0.3) is 5.91 Å². The highest BCUT2D eigenvalue weighted by molar-refractivity contribution is 6.31. The number of carbonyl (C=O) groups is 1. The first kappa shape index (κ1) is 17.4. The molecule has 5 nitrogen and oxygen atoms in total. The van der Waals surface area contributed by atoms with E-state index in [0.717, 1.165) is 11.3 Å². The molecule has 0 bridgehead atoms. The molecule has 3 rings (SSSR count). The van der Waals surface area contributed by atoms with Gasteiger partial charge in [0.1, 0.15) is 18.5 Å². The van der Waals surface area contributed by atoms with Gasteiger partial charge in [-0.2, -0.15) is 0 Å². The average molecular weight is 362 g/mol. The highest BCUT2D eigenvalue weighted by Gasteiger charge is 2.22. The number of hydrogen-bond donors (Lipinski definition) is 1. The molecule has 0 unspecified atom stereocenters. The van der Waals surface area contributed by atoms with E-state index >= 15 is 0 Å². The van der Waals surface area contributed by atoms with Crippen molar-refractivity contribution in [1.29, 1.82) is 0 Å². The van der Waals surface area contributed by atoms with E-state index < -0.39 is 6.10 Å². The van der Waals surface area contributed by atoms with Crippen LogP contribution in [0.15, 0.2) is 42.5 Å². The SMILES string of the molecule is Cc1cc(O[C@@H](C)C(=O)NC[C@@H]2COc3ccccc3O2)ccc1Cl. The Morgan fingerprint density at radius 3 is 2.84 bits per heavy atom. The third-order valence-corrected chi connectivity index (χ3v) is 4.31. The molecule has 0 aliphatic carbocycles. The summed E-state index contributed by atoms with van der Waals surface area (Å²) in [6, 6.07) is 12.8. The zero-order valence-electron chi connectivity index (χ0n) is 14.1. The maximum atomic E-state index is 12.2. The fourth-order valence-corrected chi connectivity index (χ4v) is 2.59. The lowest BCUT2D eigenvalue weighted by Gasteiger charge is -2.27. The van der Waals surface area contributed by atoms with E-state index in [0.29, 0.717) is 29.7 Å². The molecule has 0 saturated heterocycles. The number of ether oxygens (including phenoxy) is 3. The lowest BCUT2D eigenvalue weighted by molar-refractivity contribution is -0.127. The maximum absolute atomic E-state index is 12.2. The van der Waals surface area contributed by atoms with Crippen LogP contribution in [0.5, 0.6) is 17.2 Å². The molecule has 0 aromatic heterocycles. The van der Waals surface area contributed by atoms with Crippen molar-refractivity contribution in [3.63, 3.8) is 0 Å². The highest BCUT2D eigenvalue weighted by Crippen LogP contribution is 2.30. The number of benzene rings is 2. The van der Waals surface area contributed by atoms with Crippen LogP contribution >= 0.6 is 11.6 Å². The Kier molecular flexibility index (Phi) is 5.34. The number of aryl methyl sites for hydroxylation is 1. The summed E-state index contributed by atoms with van der Waals surface area (Å²) < 4.78 is 17.1. The molecule has 1 N–H and O–H groups in total. The van der Waals surface area contributed by atoms with Gasteiger partial charge in [-0.15, -0.1) is 0 Å². The Morgan fingerprint density at radius 2 is 2.08 bits per heavy atom. The summed E-state index contributed by atoms with van der Waals surface area (Å²) in [5.41, 5.74) is 0.901. The van der Waals surface area contributed by atoms with Gasteiger partial charge in [0.2, 0.25) is 0 Å². The first-order valence-corrected chi connectivity index (χ1v) is 8.49. The van der Waals surface area contributed by atoms with Gasteiger partial charge in [0.15, 0.2) is 17.6 Å². The molecule has 0 fully saturated rings. The van der Waals surface area contributed by atoms with Crippen LogP contribution in [0.25, 0.3) is 0 Å². The van der Waals surface area contributed by atoms with Crippen molar-refractivity contribution in [1.82, 2.24) is 5.32 Å². The Balaban J connectivity index is 1.50. The van der Waals surface area contributed by atoms with Gasteiger partial charge in [-0.05, 0) is 49.7 Å². The molecular formula is C19H20ClNO4. The van der Waals surface area contributed by atoms with E-state index in [1.165, 1.54) is 0 Å². The normalized spacial score (nSPS) is 16.8. The topological polar surface area (TPSA) is 56.8 Å². The standard InChI is InChI=1S/C19H20ClNO4/c1-12-9-14(7-8-16(12)20)24-13(2)19(22)21-10-15-11-23-17-5-3-4-6-18(17)25-15/h3-9,13,15H,10-11H2,1-2H3,(H,21,22)/t13-,15+/m0/s1. The van der Waals surface area contributed by atoms with Crippen LogP contribution in [0.1, 0.15) is 12.5 Å². The quantitative estimate of drug-likeness (QED) is 0.887. The predicted molar refractivity (Wildman–Crippen MR) is 95.6 cm³/mol. The molecule has 0 saturated carbocycles. The molecule has 6 heteroatoms. The van der Waals surface area contributed by atoms with Crippen LogP contribution in [-0.4, -0.2) is 31.3 Å². The summed E-state index contributed by atoms with van der Waals surface area (Å²) in [5.74, 6) is 1.81. The Morgan fingerprint density at radius 1 is 1.32 bits per heavy atom. The number of nitrogens with one attached hydrogen (secondary N) is 1. The molecule has 2 aromatic rings. The summed E-state index contributed by atoms with van der Waals surface area (Å²) in [7, 11) is 0. The zero-order valence-corrected chi connectivity index (χ0v) is 14.9. The lowest BCUT2D eigenvalue weighted by atomic mass is 10.2. The van der Waals surface area contributed by atoms with E-state index in [-0.39, 0.29) is 12.0 Å². The first-order chi connectivity index (χ1) is 12.0. The van der Waals surface area contributed by atoms with Crippen molar-refractivity contribution in [2.24, 2.45) is 0 Å². The van der Waals surface area contributed by atoms with Gasteiger partial charge in [0, 0.05) is 5.02 Å². The van der Waals surface area contributed by atoms with Gasteiger partial charge in [-0.25, -0.2) is 0 Å². The zero-order chi connectivity index (χ0) is 17.8. The minimum Gasteiger partial charge on any atom is -0.486 e. The van der Waals surface area contributed by atoms with Crippen molar-refractivity contribution < 1.29 is 19.0 Å². The maximum Gasteiger partial charge on any atom is 0.260 e. The molecule has 1 aliphatic heterocycles. The predicted octanol–water partition coefficient (Wildman–Crippen LogP) is 3.37. The van der Waals surface area contributed by atoms with E-state index in [9.17, 15) is 4.79 Å². The van der Waals surface area contributed by atoms with Crippen LogP contribution in [0.4, 0.5) is 0 Å². The second-order valence-corrected chi connectivity index (χ2v) is 6.32. The Hall–Kier alpha value is -2.40. The summed E-state index contributed by atoms with van der Waals surface area (Å²) >= 11 is 5.99. The number of amides is 1. The number of rotatable bonds is 5. The molecular weight excluding hydrogens is 342 g/mol. The van der Waals surface area contributed by atoms with Crippen LogP contribution in [0, 0.1) is 6.92 Å². The molecule has 1 aliphatic rings. The molecule has 132 valence electrons. The highest BCUT2D eigenvalue weighted by atomic mass is 35.5. The van der Waals surface area contributed by atoms with E-state index in [2.05, 4.69) is 5.32 Å². The number of carbonyl (C=O) groups excluding carboxylic acids is 1. The van der Waals surface area contributed by atoms with Crippen LogP contribution in [0.3, 0.4) is 0 Å². The van der Waals surface area contributed by atoms with E-state index in [1.54, 1.807) is 25.1 Å². The number of para-hydroxylation sites is 2. The average Bonchev–Trinajstić information content (AvgIpc) is 2.62. The van der Waals surface area contributed by atoms with Gasteiger partial charge >= 0.3 is 0 Å². The van der Waals surface area contributed by atoms with Crippen molar-refractivity contribution in [3.8, 4) is 17.2 Å². The molecule has 2 aromatic carbocycles. The van der Waals surface area contributed by atoms with Crippen molar-refractivity contribution >= 4 is 17.5 Å². The smallest absolute Gasteiger partial charge is 0.260 e. The fraction of sp³-hybridized carbons (Fsp3) is 0.316. The summed E-state index contributed by atoms with van der Waals surface area (Å²) in [6.07, 6.45) is -0.860. The minimum absolute atomic E-state index is 0.213.